The Hall–Kier alpha value is -0.0800. The van der Waals surface area contributed by atoms with Crippen LogP contribution < -0.4 is 0 Å². The Morgan fingerprint density at radius 3 is 2.77 bits per heavy atom. The number of hydrogen-bond acceptors (Lipinski definition) is 2. The number of hydrogen-bond donors (Lipinski definition) is 1. The minimum absolute atomic E-state index is 0.349. The second kappa shape index (κ2) is 3.58. The molecule has 0 amide bonds. The van der Waals surface area contributed by atoms with Crippen LogP contribution in [0.5, 0.6) is 0 Å². The summed E-state index contributed by atoms with van der Waals surface area (Å²) in [6.45, 7) is 4.78. The molecule has 1 saturated carbocycles. The lowest BCUT2D eigenvalue weighted by Gasteiger charge is -2.33. The maximum Gasteiger partial charge on any atom is 0.0614 e. The van der Waals surface area contributed by atoms with E-state index < -0.39 is 0 Å². The summed E-state index contributed by atoms with van der Waals surface area (Å²) in [4.78, 5) is 0. The van der Waals surface area contributed by atoms with Crippen LogP contribution in [0.4, 0.5) is 0 Å². The first-order chi connectivity index (χ1) is 6.24. The van der Waals surface area contributed by atoms with Gasteiger partial charge in [-0.25, -0.2) is 0 Å². The van der Waals surface area contributed by atoms with Gasteiger partial charge in [-0.2, -0.15) is 0 Å². The molecule has 1 aliphatic heterocycles. The molecule has 2 nitrogen and oxygen atoms in total. The van der Waals surface area contributed by atoms with Gasteiger partial charge >= 0.3 is 0 Å². The molecule has 0 radical (unpaired) electrons. The highest BCUT2D eigenvalue weighted by Crippen LogP contribution is 2.44. The Kier molecular flexibility index (Phi) is 2.61. The number of rotatable bonds is 1. The molecule has 1 saturated heterocycles. The second-order valence-electron chi connectivity index (χ2n) is 4.69. The van der Waals surface area contributed by atoms with Crippen LogP contribution >= 0.6 is 0 Å². The second-order valence-corrected chi connectivity index (χ2v) is 4.69. The van der Waals surface area contributed by atoms with Crippen molar-refractivity contribution in [2.75, 3.05) is 6.61 Å². The van der Waals surface area contributed by atoms with Crippen molar-refractivity contribution in [3.05, 3.63) is 0 Å². The highest BCUT2D eigenvalue weighted by molar-refractivity contribution is 4.92. The summed E-state index contributed by atoms with van der Waals surface area (Å²) < 4.78 is 5.90. The van der Waals surface area contributed by atoms with E-state index in [0.29, 0.717) is 36.6 Å². The monoisotopic (exact) mass is 184 g/mol. The summed E-state index contributed by atoms with van der Waals surface area (Å²) in [5.41, 5.74) is 0. The Morgan fingerprint density at radius 2 is 2.08 bits per heavy atom. The molecular weight excluding hydrogens is 164 g/mol. The molecule has 2 rings (SSSR count). The lowest BCUT2D eigenvalue weighted by Crippen LogP contribution is -2.34. The first kappa shape index (κ1) is 9.47. The highest BCUT2D eigenvalue weighted by Gasteiger charge is 2.45. The Bertz CT molecular complexity index is 175. The van der Waals surface area contributed by atoms with Crippen molar-refractivity contribution in [1.29, 1.82) is 0 Å². The average Bonchev–Trinajstić information content (AvgIpc) is 2.43. The zero-order valence-corrected chi connectivity index (χ0v) is 8.57. The van der Waals surface area contributed by atoms with Crippen molar-refractivity contribution in [3.63, 3.8) is 0 Å². The van der Waals surface area contributed by atoms with Gasteiger partial charge in [0, 0.05) is 6.61 Å². The summed E-state index contributed by atoms with van der Waals surface area (Å²) in [6, 6.07) is 0. The van der Waals surface area contributed by atoms with Crippen LogP contribution in [0, 0.1) is 17.8 Å². The highest BCUT2D eigenvalue weighted by atomic mass is 16.5. The summed E-state index contributed by atoms with van der Waals surface area (Å²) in [5, 5.41) is 9.29. The van der Waals surface area contributed by atoms with Crippen LogP contribution in [-0.2, 0) is 4.74 Å². The average molecular weight is 184 g/mol. The molecule has 5 atom stereocenters. The van der Waals surface area contributed by atoms with Crippen molar-refractivity contribution >= 4 is 0 Å². The third-order valence-corrected chi connectivity index (χ3v) is 4.01. The van der Waals surface area contributed by atoms with E-state index in [2.05, 4.69) is 13.8 Å². The molecule has 2 heteroatoms. The summed E-state index contributed by atoms with van der Waals surface area (Å²) in [7, 11) is 0. The summed E-state index contributed by atoms with van der Waals surface area (Å²) in [6.07, 6.45) is 4.46. The minimum atomic E-state index is 0.349. The molecule has 0 spiro atoms. The van der Waals surface area contributed by atoms with Crippen molar-refractivity contribution in [2.24, 2.45) is 17.8 Å². The van der Waals surface area contributed by atoms with Crippen molar-refractivity contribution < 1.29 is 9.84 Å². The van der Waals surface area contributed by atoms with Crippen LogP contribution in [0.25, 0.3) is 0 Å². The van der Waals surface area contributed by atoms with Gasteiger partial charge < -0.3 is 9.84 Å². The number of fused-ring (bicyclic) bond motifs is 1. The molecule has 0 aromatic rings. The van der Waals surface area contributed by atoms with Gasteiger partial charge in [-0.1, -0.05) is 13.3 Å². The normalized spacial score (nSPS) is 50.5. The largest absolute Gasteiger partial charge is 0.396 e. The first-order valence-corrected chi connectivity index (χ1v) is 5.50. The molecule has 13 heavy (non-hydrogen) atoms. The van der Waals surface area contributed by atoms with Gasteiger partial charge in [-0.3, -0.25) is 0 Å². The zero-order chi connectivity index (χ0) is 9.42. The first-order valence-electron chi connectivity index (χ1n) is 5.50. The van der Waals surface area contributed by atoms with E-state index in [0.717, 1.165) is 0 Å². The van der Waals surface area contributed by atoms with Crippen LogP contribution in [0.15, 0.2) is 0 Å². The van der Waals surface area contributed by atoms with Gasteiger partial charge in [0.2, 0.25) is 0 Å². The summed E-state index contributed by atoms with van der Waals surface area (Å²) in [5.74, 6) is 1.75. The van der Waals surface area contributed by atoms with Crippen LogP contribution in [-0.4, -0.2) is 23.9 Å². The Morgan fingerprint density at radius 1 is 1.31 bits per heavy atom. The van der Waals surface area contributed by atoms with E-state index in [1.807, 2.05) is 0 Å². The third-order valence-electron chi connectivity index (χ3n) is 4.01. The van der Waals surface area contributed by atoms with Crippen molar-refractivity contribution in [2.45, 2.75) is 45.3 Å². The molecule has 2 aliphatic rings. The van der Waals surface area contributed by atoms with Gasteiger partial charge in [-0.05, 0) is 37.5 Å². The minimum Gasteiger partial charge on any atom is -0.396 e. The maximum atomic E-state index is 9.29. The molecule has 0 aromatic heterocycles. The fraction of sp³-hybridized carbons (Fsp3) is 1.00. The molecule has 1 aliphatic carbocycles. The number of aliphatic hydroxyl groups is 1. The van der Waals surface area contributed by atoms with E-state index in [4.69, 9.17) is 4.74 Å². The lowest BCUT2D eigenvalue weighted by molar-refractivity contribution is 0.00329. The van der Waals surface area contributed by atoms with Gasteiger partial charge in [0.1, 0.15) is 0 Å². The predicted octanol–water partition coefficient (Wildman–Crippen LogP) is 1.82. The fourth-order valence-electron chi connectivity index (χ4n) is 3.12. The number of aliphatic hydroxyl groups excluding tert-OH is 1. The van der Waals surface area contributed by atoms with E-state index >= 15 is 0 Å². The van der Waals surface area contributed by atoms with Crippen LogP contribution in [0.1, 0.15) is 33.1 Å². The van der Waals surface area contributed by atoms with Gasteiger partial charge in [0.25, 0.3) is 0 Å². The maximum absolute atomic E-state index is 9.29. The number of ether oxygens (including phenoxy) is 1. The summed E-state index contributed by atoms with van der Waals surface area (Å²) >= 11 is 0. The molecule has 1 N–H and O–H groups in total. The zero-order valence-electron chi connectivity index (χ0n) is 8.57. The van der Waals surface area contributed by atoms with Crippen LogP contribution in [0.3, 0.4) is 0 Å². The molecule has 0 bridgehead atoms. The lowest BCUT2D eigenvalue weighted by atomic mass is 9.72. The Balaban J connectivity index is 2.11. The SMILES string of the molecule is C[C@H]1[C@H]2[C@H](CO)CCC[C@H]2O[C@H]1C. The van der Waals surface area contributed by atoms with Crippen molar-refractivity contribution in [3.8, 4) is 0 Å². The van der Waals surface area contributed by atoms with E-state index in [1.165, 1.54) is 19.3 Å². The molecular formula is C11H20O2. The third kappa shape index (κ3) is 1.50. The van der Waals surface area contributed by atoms with Crippen LogP contribution in [0.2, 0.25) is 0 Å². The van der Waals surface area contributed by atoms with Gasteiger partial charge in [0.15, 0.2) is 0 Å². The van der Waals surface area contributed by atoms with Gasteiger partial charge in [-0.15, -0.1) is 0 Å². The van der Waals surface area contributed by atoms with Crippen molar-refractivity contribution in [1.82, 2.24) is 0 Å². The topological polar surface area (TPSA) is 29.5 Å². The smallest absolute Gasteiger partial charge is 0.0614 e. The van der Waals surface area contributed by atoms with E-state index in [1.54, 1.807) is 0 Å². The van der Waals surface area contributed by atoms with Gasteiger partial charge in [0.05, 0.1) is 12.2 Å². The molecule has 1 heterocycles. The predicted molar refractivity (Wildman–Crippen MR) is 51.4 cm³/mol. The fourth-order valence-corrected chi connectivity index (χ4v) is 3.12. The molecule has 0 unspecified atom stereocenters. The molecule has 76 valence electrons. The standard InChI is InChI=1S/C11H20O2/c1-7-8(2)13-10-5-3-4-9(6-12)11(7)10/h7-12H,3-6H2,1-2H3/t7-,8+,9+,10-,11+/m1/s1. The molecule has 0 aromatic carbocycles. The molecule has 2 fully saturated rings. The van der Waals surface area contributed by atoms with E-state index in [9.17, 15) is 5.11 Å². The Labute approximate surface area is 80.3 Å². The quantitative estimate of drug-likeness (QED) is 0.673. The van der Waals surface area contributed by atoms with E-state index in [-0.39, 0.29) is 0 Å².